The number of fused-ring (bicyclic) bond motifs is 3. The second kappa shape index (κ2) is 5.42. The van der Waals surface area contributed by atoms with Gasteiger partial charge in [-0.3, -0.25) is 9.97 Å². The van der Waals surface area contributed by atoms with Crippen LogP contribution >= 0.6 is 7.82 Å². The van der Waals surface area contributed by atoms with Gasteiger partial charge in [0.05, 0.1) is 11.0 Å². The van der Waals surface area contributed by atoms with Crippen LogP contribution in [0.3, 0.4) is 0 Å². The molecule has 0 radical (unpaired) electrons. The van der Waals surface area contributed by atoms with E-state index < -0.39 is 7.82 Å². The molecule has 6 nitrogen and oxygen atoms in total. The number of rotatable bonds is 0. The van der Waals surface area contributed by atoms with Crippen LogP contribution in [0.15, 0.2) is 48.8 Å². The number of aromatic nitrogens is 2. The van der Waals surface area contributed by atoms with E-state index in [-0.39, 0.29) is 0 Å². The van der Waals surface area contributed by atoms with Crippen LogP contribution in [0.25, 0.3) is 21.8 Å². The van der Waals surface area contributed by atoms with E-state index in [0.717, 1.165) is 21.8 Å². The van der Waals surface area contributed by atoms with Crippen molar-refractivity contribution in [3.63, 3.8) is 0 Å². The maximum absolute atomic E-state index is 8.88. The van der Waals surface area contributed by atoms with Crippen LogP contribution in [-0.4, -0.2) is 24.6 Å². The van der Waals surface area contributed by atoms with E-state index in [0.29, 0.717) is 0 Å². The zero-order chi connectivity index (χ0) is 13.9. The minimum absolute atomic E-state index is 0.999. The van der Waals surface area contributed by atoms with Crippen molar-refractivity contribution in [3.05, 3.63) is 48.8 Å². The smallest absolute Gasteiger partial charge is 0.303 e. The fraction of sp³-hybridized carbons (Fsp3) is 0. The van der Waals surface area contributed by atoms with Gasteiger partial charge in [0.15, 0.2) is 0 Å². The zero-order valence-electron chi connectivity index (χ0n) is 9.71. The van der Waals surface area contributed by atoms with E-state index in [4.69, 9.17) is 19.2 Å². The van der Waals surface area contributed by atoms with Crippen LogP contribution in [0, 0.1) is 0 Å². The van der Waals surface area contributed by atoms with E-state index >= 15 is 0 Å². The maximum Gasteiger partial charge on any atom is 0.466 e. The minimum Gasteiger partial charge on any atom is -0.303 e. The number of nitrogens with zero attached hydrogens (tertiary/aromatic N) is 2. The summed E-state index contributed by atoms with van der Waals surface area (Å²) in [5, 5.41) is 2.28. The second-order valence-electron chi connectivity index (χ2n) is 3.72. The summed E-state index contributed by atoms with van der Waals surface area (Å²) in [5.74, 6) is 0. The third-order valence-electron chi connectivity index (χ3n) is 2.35. The predicted octanol–water partition coefficient (Wildman–Crippen LogP) is 1.85. The SMILES string of the molecule is O=P(O)(O)O.c1cnc2c(c1)ccc1ncccc12. The van der Waals surface area contributed by atoms with Crippen molar-refractivity contribution in [1.82, 2.24) is 9.97 Å². The number of hydrogen-bond acceptors (Lipinski definition) is 3. The Hall–Kier alpha value is -1.85. The number of hydrogen-bond donors (Lipinski definition) is 3. The van der Waals surface area contributed by atoms with Gasteiger partial charge in [0.1, 0.15) is 0 Å². The van der Waals surface area contributed by atoms with Crippen molar-refractivity contribution < 1.29 is 19.2 Å². The molecule has 3 N–H and O–H groups in total. The van der Waals surface area contributed by atoms with Crippen molar-refractivity contribution in [2.75, 3.05) is 0 Å². The van der Waals surface area contributed by atoms with Crippen LogP contribution in [0.1, 0.15) is 0 Å². The summed E-state index contributed by atoms with van der Waals surface area (Å²) >= 11 is 0. The van der Waals surface area contributed by atoms with Gasteiger partial charge in [-0.05, 0) is 24.3 Å². The molecule has 0 aliphatic carbocycles. The highest BCUT2D eigenvalue weighted by atomic mass is 31.2. The molecule has 0 aliphatic rings. The van der Waals surface area contributed by atoms with Gasteiger partial charge >= 0.3 is 7.82 Å². The molecular formula is C12H11N2O4P. The monoisotopic (exact) mass is 278 g/mol. The standard InChI is InChI=1S/C12H8N2.H3O4P/c1-3-9-5-6-11-10(4-2-7-13-11)12(9)14-8-1;1-5(2,3)4/h1-8H;(H3,1,2,3,4). The molecule has 0 saturated carbocycles. The first-order valence-corrected chi connectivity index (χ1v) is 6.88. The average Bonchev–Trinajstić information content (AvgIpc) is 2.37. The molecule has 2 heterocycles. The van der Waals surface area contributed by atoms with Crippen molar-refractivity contribution in [1.29, 1.82) is 0 Å². The normalized spacial score (nSPS) is 11.1. The first-order chi connectivity index (χ1) is 8.95. The molecule has 7 heteroatoms. The van der Waals surface area contributed by atoms with Gasteiger partial charge in [-0.25, -0.2) is 4.57 Å². The quantitative estimate of drug-likeness (QED) is 0.428. The second-order valence-corrected chi connectivity index (χ2v) is 4.75. The van der Waals surface area contributed by atoms with E-state index in [2.05, 4.69) is 28.2 Å². The molecule has 0 bridgehead atoms. The summed E-state index contributed by atoms with van der Waals surface area (Å²) in [6.45, 7) is 0. The van der Waals surface area contributed by atoms with Crippen LogP contribution in [0.5, 0.6) is 0 Å². The summed E-state index contributed by atoms with van der Waals surface area (Å²) in [7, 11) is -4.64. The average molecular weight is 278 g/mol. The summed E-state index contributed by atoms with van der Waals surface area (Å²) in [6, 6.07) is 12.1. The molecule has 3 aromatic rings. The molecule has 19 heavy (non-hydrogen) atoms. The van der Waals surface area contributed by atoms with Crippen molar-refractivity contribution in [2.45, 2.75) is 0 Å². The van der Waals surface area contributed by atoms with Crippen molar-refractivity contribution in [2.24, 2.45) is 0 Å². The molecule has 0 saturated heterocycles. The highest BCUT2D eigenvalue weighted by molar-refractivity contribution is 7.45. The minimum atomic E-state index is -4.64. The lowest BCUT2D eigenvalue weighted by Crippen LogP contribution is -1.82. The Balaban J connectivity index is 0.000000232. The number of benzene rings is 1. The van der Waals surface area contributed by atoms with Crippen LogP contribution in [0.2, 0.25) is 0 Å². The lowest BCUT2D eigenvalue weighted by Gasteiger charge is -2.00. The predicted molar refractivity (Wildman–Crippen MR) is 71.3 cm³/mol. The molecule has 2 aromatic heterocycles. The van der Waals surface area contributed by atoms with E-state index in [1.165, 1.54) is 0 Å². The number of phosphoric acid groups is 1. The van der Waals surface area contributed by atoms with E-state index in [1.807, 2.05) is 24.4 Å². The Morgan fingerprint density at radius 1 is 0.895 bits per heavy atom. The van der Waals surface area contributed by atoms with Gasteiger partial charge < -0.3 is 14.7 Å². The molecule has 0 unspecified atom stereocenters. The topological polar surface area (TPSA) is 104 Å². The first kappa shape index (κ1) is 13.6. The first-order valence-electron chi connectivity index (χ1n) is 5.32. The summed E-state index contributed by atoms with van der Waals surface area (Å²) < 4.78 is 8.88. The Morgan fingerprint density at radius 2 is 1.53 bits per heavy atom. The van der Waals surface area contributed by atoms with Crippen LogP contribution < -0.4 is 0 Å². The number of pyridine rings is 2. The van der Waals surface area contributed by atoms with Gasteiger partial charge in [0.25, 0.3) is 0 Å². The fourth-order valence-corrected chi connectivity index (χ4v) is 1.70. The summed E-state index contributed by atoms with van der Waals surface area (Å²) in [4.78, 5) is 30.2. The van der Waals surface area contributed by atoms with Gasteiger partial charge in [0.2, 0.25) is 0 Å². The molecule has 98 valence electrons. The van der Waals surface area contributed by atoms with E-state index in [1.54, 1.807) is 6.20 Å². The summed E-state index contributed by atoms with van der Waals surface area (Å²) in [5.41, 5.74) is 2.02. The third kappa shape index (κ3) is 3.81. The zero-order valence-corrected chi connectivity index (χ0v) is 10.6. The Kier molecular flexibility index (Phi) is 3.87. The van der Waals surface area contributed by atoms with Gasteiger partial charge in [0, 0.05) is 23.2 Å². The third-order valence-corrected chi connectivity index (χ3v) is 2.35. The molecule has 0 amide bonds. The molecule has 0 aliphatic heterocycles. The van der Waals surface area contributed by atoms with Gasteiger partial charge in [-0.1, -0.05) is 12.1 Å². The molecular weight excluding hydrogens is 267 g/mol. The van der Waals surface area contributed by atoms with Gasteiger partial charge in [-0.15, -0.1) is 0 Å². The Bertz CT molecular complexity index is 694. The van der Waals surface area contributed by atoms with Crippen LogP contribution in [-0.2, 0) is 4.57 Å². The molecule has 0 atom stereocenters. The molecule has 0 fully saturated rings. The molecule has 0 spiro atoms. The maximum atomic E-state index is 8.88. The largest absolute Gasteiger partial charge is 0.466 e. The summed E-state index contributed by atoms with van der Waals surface area (Å²) in [6.07, 6.45) is 3.62. The van der Waals surface area contributed by atoms with Crippen molar-refractivity contribution >= 4 is 29.6 Å². The highest BCUT2D eigenvalue weighted by Crippen LogP contribution is 2.25. The molecule has 3 rings (SSSR count). The van der Waals surface area contributed by atoms with Crippen LogP contribution in [0.4, 0.5) is 0 Å². The van der Waals surface area contributed by atoms with E-state index in [9.17, 15) is 0 Å². The van der Waals surface area contributed by atoms with Gasteiger partial charge in [-0.2, -0.15) is 0 Å². The fourth-order valence-electron chi connectivity index (χ4n) is 1.70. The Morgan fingerprint density at radius 3 is 2.26 bits per heavy atom. The lowest BCUT2D eigenvalue weighted by molar-refractivity contribution is 0.275. The Labute approximate surface area is 108 Å². The highest BCUT2D eigenvalue weighted by Gasteiger charge is 2.00. The lowest BCUT2D eigenvalue weighted by atomic mass is 10.1. The molecule has 1 aromatic carbocycles. The van der Waals surface area contributed by atoms with Crippen molar-refractivity contribution in [3.8, 4) is 0 Å².